The lowest BCUT2D eigenvalue weighted by Crippen LogP contribution is -2.34. The average molecular weight is 493 g/mol. The summed E-state index contributed by atoms with van der Waals surface area (Å²) < 4.78 is 10.2. The third-order valence-corrected chi connectivity index (χ3v) is 5.57. The zero-order valence-corrected chi connectivity index (χ0v) is 20.2. The number of benzene rings is 2. The molecule has 1 aromatic heterocycles. The van der Waals surface area contributed by atoms with Crippen molar-refractivity contribution in [2.24, 2.45) is 0 Å². The molecule has 180 valence electrons. The topological polar surface area (TPSA) is 111 Å². The van der Waals surface area contributed by atoms with E-state index in [-0.39, 0.29) is 17.0 Å². The van der Waals surface area contributed by atoms with E-state index in [4.69, 9.17) is 9.47 Å². The Bertz CT molecular complexity index is 1260. The fraction of sp³-hybridized carbons (Fsp3) is 0.154. The molecule has 3 rings (SSSR count). The Morgan fingerprint density at radius 3 is 2.29 bits per heavy atom. The summed E-state index contributed by atoms with van der Waals surface area (Å²) in [5, 5.41) is 6.91. The van der Waals surface area contributed by atoms with Gasteiger partial charge in [-0.1, -0.05) is 35.9 Å². The number of esters is 1. The minimum Gasteiger partial charge on any atom is -0.497 e. The van der Waals surface area contributed by atoms with Crippen LogP contribution in [0.4, 0.5) is 5.00 Å². The minimum atomic E-state index is -0.801. The van der Waals surface area contributed by atoms with Crippen LogP contribution in [0.3, 0.4) is 0 Å². The highest BCUT2D eigenvalue weighted by Gasteiger charge is 2.24. The molecular weight excluding hydrogens is 468 g/mol. The van der Waals surface area contributed by atoms with E-state index in [0.717, 1.165) is 11.1 Å². The summed E-state index contributed by atoms with van der Waals surface area (Å²) in [6.07, 6.45) is 1.41. The molecule has 0 bridgehead atoms. The van der Waals surface area contributed by atoms with Crippen LogP contribution in [0.1, 0.15) is 34.6 Å². The van der Waals surface area contributed by atoms with E-state index in [9.17, 15) is 19.2 Å². The smallest absolute Gasteiger partial charge is 0.342 e. The zero-order valence-electron chi connectivity index (χ0n) is 19.4. The van der Waals surface area contributed by atoms with Gasteiger partial charge in [0.2, 0.25) is 5.91 Å². The second kappa shape index (κ2) is 11.8. The number of methoxy groups -OCH3 is 1. The fourth-order valence-electron chi connectivity index (χ4n) is 3.07. The van der Waals surface area contributed by atoms with Crippen molar-refractivity contribution in [3.05, 3.63) is 82.8 Å². The van der Waals surface area contributed by atoms with E-state index in [1.165, 1.54) is 36.7 Å². The second-order valence-corrected chi connectivity index (χ2v) is 8.49. The Hall–Kier alpha value is -4.24. The van der Waals surface area contributed by atoms with Crippen LogP contribution in [-0.2, 0) is 14.3 Å². The average Bonchev–Trinajstić information content (AvgIpc) is 3.26. The number of hydrogen-bond donors (Lipinski definition) is 2. The van der Waals surface area contributed by atoms with Gasteiger partial charge >= 0.3 is 5.97 Å². The lowest BCUT2D eigenvalue weighted by atomic mass is 10.0. The molecule has 0 saturated heterocycles. The number of thiophene rings is 1. The number of ether oxygens (including phenoxy) is 2. The number of carbonyl (C=O) groups excluding carboxylic acids is 4. The second-order valence-electron chi connectivity index (χ2n) is 7.61. The zero-order chi connectivity index (χ0) is 25.4. The van der Waals surface area contributed by atoms with E-state index in [0.29, 0.717) is 16.3 Å². The summed E-state index contributed by atoms with van der Waals surface area (Å²) in [6.45, 7) is 2.89. The molecule has 3 aromatic rings. The van der Waals surface area contributed by atoms with Crippen LogP contribution < -0.4 is 15.4 Å². The van der Waals surface area contributed by atoms with Gasteiger partial charge in [0.05, 0.1) is 7.11 Å². The maximum Gasteiger partial charge on any atom is 0.342 e. The Labute approximate surface area is 206 Å². The number of hydrogen-bond acceptors (Lipinski definition) is 7. The predicted octanol–water partition coefficient (Wildman–Crippen LogP) is 4.44. The van der Waals surface area contributed by atoms with E-state index >= 15 is 0 Å². The lowest BCUT2D eigenvalue weighted by molar-refractivity contribution is -0.123. The predicted molar refractivity (Wildman–Crippen MR) is 134 cm³/mol. The van der Waals surface area contributed by atoms with Gasteiger partial charge in [0, 0.05) is 22.6 Å². The molecule has 0 saturated carbocycles. The Balaban J connectivity index is 1.73. The molecule has 8 nitrogen and oxygen atoms in total. The van der Waals surface area contributed by atoms with Gasteiger partial charge in [-0.15, -0.1) is 11.3 Å². The number of nitrogens with one attached hydrogen (secondary N) is 2. The number of carbonyl (C=O) groups is 4. The molecule has 2 N–H and O–H groups in total. The van der Waals surface area contributed by atoms with Crippen LogP contribution in [0, 0.1) is 0 Å². The third-order valence-electron chi connectivity index (χ3n) is 4.68. The minimum absolute atomic E-state index is 0.131. The lowest BCUT2D eigenvalue weighted by Gasteiger charge is -2.10. The first kappa shape index (κ1) is 25.4. The summed E-state index contributed by atoms with van der Waals surface area (Å²) in [5.41, 5.74) is 2.48. The van der Waals surface area contributed by atoms with Gasteiger partial charge in [0.1, 0.15) is 16.3 Å². The summed E-state index contributed by atoms with van der Waals surface area (Å²) in [5.74, 6) is -2.04. The summed E-state index contributed by atoms with van der Waals surface area (Å²) in [4.78, 5) is 49.8. The SMILES string of the molecule is COc1ccc(C(=O)NC(=O)COC(=O)c2c(-c3ccccc3)csc2NC(=O)C=C(C)C)cc1. The van der Waals surface area contributed by atoms with Crippen molar-refractivity contribution < 1.29 is 28.7 Å². The highest BCUT2D eigenvalue weighted by Crippen LogP contribution is 2.36. The number of rotatable bonds is 8. The van der Waals surface area contributed by atoms with Crippen LogP contribution in [0.15, 0.2) is 71.6 Å². The highest BCUT2D eigenvalue weighted by molar-refractivity contribution is 7.15. The molecule has 3 amide bonds. The molecule has 0 fully saturated rings. The summed E-state index contributed by atoms with van der Waals surface area (Å²) in [7, 11) is 1.50. The Morgan fingerprint density at radius 1 is 0.971 bits per heavy atom. The third kappa shape index (κ3) is 6.87. The van der Waals surface area contributed by atoms with Crippen LogP contribution >= 0.6 is 11.3 Å². The van der Waals surface area contributed by atoms with Crippen LogP contribution in [-0.4, -0.2) is 37.4 Å². The molecule has 9 heteroatoms. The van der Waals surface area contributed by atoms with Crippen molar-refractivity contribution in [2.45, 2.75) is 13.8 Å². The van der Waals surface area contributed by atoms with E-state index in [1.807, 2.05) is 30.3 Å². The standard InChI is InChI=1S/C26H24N2O6S/c1-16(2)13-21(29)28-25-23(20(15-35-25)17-7-5-4-6-8-17)26(32)34-14-22(30)27-24(31)18-9-11-19(33-3)12-10-18/h4-13,15H,14H2,1-3H3,(H,28,29)(H,27,30,31). The Kier molecular flexibility index (Phi) is 8.53. The Morgan fingerprint density at radius 2 is 1.66 bits per heavy atom. The van der Waals surface area contributed by atoms with Crippen molar-refractivity contribution in [3.8, 4) is 16.9 Å². The largest absolute Gasteiger partial charge is 0.497 e. The van der Waals surface area contributed by atoms with E-state index in [2.05, 4.69) is 10.6 Å². The van der Waals surface area contributed by atoms with Crippen LogP contribution in [0.25, 0.3) is 11.1 Å². The molecule has 0 radical (unpaired) electrons. The van der Waals surface area contributed by atoms with Gasteiger partial charge in [-0.25, -0.2) is 4.79 Å². The number of amides is 3. The van der Waals surface area contributed by atoms with Gasteiger partial charge in [-0.2, -0.15) is 0 Å². The van der Waals surface area contributed by atoms with Crippen molar-refractivity contribution in [1.82, 2.24) is 5.32 Å². The van der Waals surface area contributed by atoms with Gasteiger partial charge in [-0.3, -0.25) is 19.7 Å². The van der Waals surface area contributed by atoms with Gasteiger partial charge in [0.15, 0.2) is 6.61 Å². The first-order chi connectivity index (χ1) is 16.8. The first-order valence-electron chi connectivity index (χ1n) is 10.6. The monoisotopic (exact) mass is 492 g/mol. The molecule has 0 aliphatic rings. The first-order valence-corrected chi connectivity index (χ1v) is 11.4. The quantitative estimate of drug-likeness (QED) is 0.355. The molecule has 0 spiro atoms. The van der Waals surface area contributed by atoms with Crippen LogP contribution in [0.2, 0.25) is 0 Å². The molecule has 0 atom stereocenters. The molecule has 0 aliphatic carbocycles. The van der Waals surface area contributed by atoms with E-state index < -0.39 is 24.4 Å². The van der Waals surface area contributed by atoms with Crippen molar-refractivity contribution in [3.63, 3.8) is 0 Å². The molecule has 0 aliphatic heterocycles. The van der Waals surface area contributed by atoms with Crippen molar-refractivity contribution >= 4 is 40.0 Å². The van der Waals surface area contributed by atoms with E-state index in [1.54, 1.807) is 31.4 Å². The maximum atomic E-state index is 13.0. The highest BCUT2D eigenvalue weighted by atomic mass is 32.1. The van der Waals surface area contributed by atoms with Crippen molar-refractivity contribution in [2.75, 3.05) is 19.0 Å². The van der Waals surface area contributed by atoms with Gasteiger partial charge in [0.25, 0.3) is 11.8 Å². The summed E-state index contributed by atoms with van der Waals surface area (Å²) >= 11 is 1.17. The molecule has 35 heavy (non-hydrogen) atoms. The number of anilines is 1. The summed E-state index contributed by atoms with van der Waals surface area (Å²) in [6, 6.07) is 15.3. The molecule has 2 aromatic carbocycles. The normalized spacial score (nSPS) is 10.1. The fourth-order valence-corrected chi connectivity index (χ4v) is 4.03. The number of imide groups is 1. The molecular formula is C26H24N2O6S. The molecule has 0 unspecified atom stereocenters. The van der Waals surface area contributed by atoms with Crippen molar-refractivity contribution in [1.29, 1.82) is 0 Å². The van der Waals surface area contributed by atoms with Gasteiger partial charge in [-0.05, 0) is 43.7 Å². The van der Waals surface area contributed by atoms with Crippen LogP contribution in [0.5, 0.6) is 5.75 Å². The number of allylic oxidation sites excluding steroid dienone is 1. The maximum absolute atomic E-state index is 13.0. The van der Waals surface area contributed by atoms with Gasteiger partial charge < -0.3 is 14.8 Å². The molecule has 1 heterocycles.